The Kier molecular flexibility index (Phi) is 3.14. The molecule has 0 saturated carbocycles. The highest BCUT2D eigenvalue weighted by atomic mass is 19.1. The quantitative estimate of drug-likeness (QED) is 0.787. The molecule has 1 aliphatic heterocycles. The number of hydrogen-bond donors (Lipinski definition) is 2. The lowest BCUT2D eigenvalue weighted by Crippen LogP contribution is -2.35. The average molecular weight is 223 g/mol. The van der Waals surface area contributed by atoms with E-state index in [2.05, 4.69) is 15.6 Å². The number of nitrogens with one attached hydrogen (secondary N) is 2. The molecule has 5 heteroatoms. The van der Waals surface area contributed by atoms with Crippen molar-refractivity contribution >= 4 is 11.6 Å². The summed E-state index contributed by atoms with van der Waals surface area (Å²) in [5, 5.41) is 5.58. The van der Waals surface area contributed by atoms with Crippen molar-refractivity contribution in [2.24, 2.45) is 0 Å². The number of aromatic nitrogens is 1. The maximum Gasteiger partial charge on any atom is 0.241 e. The minimum atomic E-state index is -0.921. The molecule has 0 aromatic carbocycles. The molecule has 2 atom stereocenters. The van der Waals surface area contributed by atoms with Crippen molar-refractivity contribution in [1.29, 1.82) is 0 Å². The van der Waals surface area contributed by atoms with Gasteiger partial charge in [-0.2, -0.15) is 0 Å². The predicted molar refractivity (Wildman–Crippen MR) is 58.9 cm³/mol. The van der Waals surface area contributed by atoms with Gasteiger partial charge in [-0.3, -0.25) is 9.78 Å². The van der Waals surface area contributed by atoms with E-state index >= 15 is 0 Å². The summed E-state index contributed by atoms with van der Waals surface area (Å²) >= 11 is 0. The fraction of sp³-hybridized carbons (Fsp3) is 0.455. The van der Waals surface area contributed by atoms with Crippen molar-refractivity contribution in [3.8, 4) is 0 Å². The van der Waals surface area contributed by atoms with Crippen LogP contribution in [0.5, 0.6) is 0 Å². The van der Waals surface area contributed by atoms with E-state index in [1.165, 1.54) is 0 Å². The summed E-state index contributed by atoms with van der Waals surface area (Å²) in [7, 11) is 0. The Labute approximate surface area is 93.3 Å². The molecule has 16 heavy (non-hydrogen) atoms. The molecular formula is C11H14FN3O. The van der Waals surface area contributed by atoms with Gasteiger partial charge >= 0.3 is 0 Å². The third kappa shape index (κ3) is 2.55. The number of carbonyl (C=O) groups is 1. The van der Waals surface area contributed by atoms with Gasteiger partial charge in [-0.1, -0.05) is 0 Å². The van der Waals surface area contributed by atoms with E-state index < -0.39 is 12.2 Å². The Bertz CT molecular complexity index is 397. The predicted octanol–water partition coefficient (Wildman–Crippen LogP) is 1.03. The van der Waals surface area contributed by atoms with Gasteiger partial charge in [0.1, 0.15) is 6.17 Å². The Hall–Kier alpha value is -1.49. The number of amides is 1. The van der Waals surface area contributed by atoms with E-state index in [0.717, 1.165) is 5.69 Å². The van der Waals surface area contributed by atoms with Gasteiger partial charge in [0.05, 0.1) is 6.04 Å². The third-order valence-corrected chi connectivity index (χ3v) is 2.56. The number of nitrogens with zero attached hydrogens (tertiary/aromatic N) is 1. The number of halogens is 1. The van der Waals surface area contributed by atoms with Crippen LogP contribution < -0.4 is 10.6 Å². The summed E-state index contributed by atoms with van der Waals surface area (Å²) in [6.07, 6.45) is 0.955. The topological polar surface area (TPSA) is 54.0 Å². The highest BCUT2D eigenvalue weighted by molar-refractivity contribution is 5.95. The third-order valence-electron chi connectivity index (χ3n) is 2.56. The van der Waals surface area contributed by atoms with Crippen LogP contribution in [0.1, 0.15) is 12.1 Å². The van der Waals surface area contributed by atoms with Gasteiger partial charge in [-0.15, -0.1) is 0 Å². The molecule has 0 bridgehead atoms. The normalized spacial score (nSPS) is 24.4. The van der Waals surface area contributed by atoms with Gasteiger partial charge in [0.25, 0.3) is 0 Å². The van der Waals surface area contributed by atoms with Crippen molar-refractivity contribution in [3.63, 3.8) is 0 Å². The number of carbonyl (C=O) groups excluding carboxylic acids is 1. The molecule has 1 saturated heterocycles. The van der Waals surface area contributed by atoms with E-state index in [0.29, 0.717) is 5.69 Å². The zero-order valence-electron chi connectivity index (χ0n) is 9.03. The zero-order chi connectivity index (χ0) is 11.5. The SMILES string of the molecule is Cc1cc(NC(=O)[C@@H]2C[C@@H](F)CN2)ccn1. The van der Waals surface area contributed by atoms with Crippen molar-refractivity contribution in [3.05, 3.63) is 24.0 Å². The number of aryl methyl sites for hydroxylation is 1. The van der Waals surface area contributed by atoms with Gasteiger partial charge < -0.3 is 10.6 Å². The second kappa shape index (κ2) is 4.57. The number of pyridine rings is 1. The number of hydrogen-bond acceptors (Lipinski definition) is 3. The average Bonchev–Trinajstić information content (AvgIpc) is 2.65. The fourth-order valence-corrected chi connectivity index (χ4v) is 1.74. The summed E-state index contributed by atoms with van der Waals surface area (Å²) in [4.78, 5) is 15.7. The molecule has 2 N–H and O–H groups in total. The van der Waals surface area contributed by atoms with Crippen LogP contribution in [-0.2, 0) is 4.79 Å². The second-order valence-corrected chi connectivity index (χ2v) is 3.97. The minimum Gasteiger partial charge on any atom is -0.325 e. The first-order valence-corrected chi connectivity index (χ1v) is 5.26. The molecule has 1 aliphatic rings. The molecule has 2 rings (SSSR count). The number of rotatable bonds is 2. The molecule has 86 valence electrons. The van der Waals surface area contributed by atoms with Crippen molar-refractivity contribution in [1.82, 2.24) is 10.3 Å². The first-order chi connectivity index (χ1) is 7.65. The van der Waals surface area contributed by atoms with Crippen molar-refractivity contribution in [2.75, 3.05) is 11.9 Å². The second-order valence-electron chi connectivity index (χ2n) is 3.97. The molecule has 1 aromatic heterocycles. The molecule has 0 radical (unpaired) electrons. The standard InChI is InChI=1S/C11H14FN3O/c1-7-4-9(2-3-13-7)15-11(16)10-5-8(12)6-14-10/h2-4,8,10,14H,5-6H2,1H3,(H,13,15,16)/t8-,10+/m1/s1. The van der Waals surface area contributed by atoms with E-state index in [1.54, 1.807) is 18.3 Å². The maximum absolute atomic E-state index is 12.9. The first kappa shape index (κ1) is 11.0. The van der Waals surface area contributed by atoms with E-state index in [9.17, 15) is 9.18 Å². The largest absolute Gasteiger partial charge is 0.325 e. The lowest BCUT2D eigenvalue weighted by atomic mass is 10.2. The van der Waals surface area contributed by atoms with Gasteiger partial charge in [-0.25, -0.2) is 4.39 Å². The van der Waals surface area contributed by atoms with Gasteiger partial charge in [0.2, 0.25) is 5.91 Å². The summed E-state index contributed by atoms with van der Waals surface area (Å²) in [5.74, 6) is -0.189. The molecule has 2 heterocycles. The lowest BCUT2D eigenvalue weighted by Gasteiger charge is -2.10. The van der Waals surface area contributed by atoms with Crippen LogP contribution >= 0.6 is 0 Å². The smallest absolute Gasteiger partial charge is 0.241 e. The molecule has 4 nitrogen and oxygen atoms in total. The number of alkyl halides is 1. The van der Waals surface area contributed by atoms with E-state index in [1.807, 2.05) is 6.92 Å². The fourth-order valence-electron chi connectivity index (χ4n) is 1.74. The van der Waals surface area contributed by atoms with Gasteiger partial charge in [0, 0.05) is 30.5 Å². The Morgan fingerprint density at radius 3 is 3.12 bits per heavy atom. The first-order valence-electron chi connectivity index (χ1n) is 5.26. The maximum atomic E-state index is 12.9. The summed E-state index contributed by atoms with van der Waals surface area (Å²) in [5.41, 5.74) is 1.53. The Morgan fingerprint density at radius 2 is 2.50 bits per heavy atom. The molecule has 0 unspecified atom stereocenters. The van der Waals surface area contributed by atoms with Crippen LogP contribution in [0.4, 0.5) is 10.1 Å². The lowest BCUT2D eigenvalue weighted by molar-refractivity contribution is -0.117. The minimum absolute atomic E-state index is 0.189. The molecule has 0 spiro atoms. The van der Waals surface area contributed by atoms with Crippen LogP contribution in [0, 0.1) is 6.92 Å². The van der Waals surface area contributed by atoms with Crippen LogP contribution in [-0.4, -0.2) is 29.6 Å². The zero-order valence-corrected chi connectivity index (χ0v) is 9.03. The summed E-state index contributed by atoms with van der Waals surface area (Å²) < 4.78 is 12.9. The molecule has 1 fully saturated rings. The monoisotopic (exact) mass is 223 g/mol. The van der Waals surface area contributed by atoms with E-state index in [4.69, 9.17) is 0 Å². The van der Waals surface area contributed by atoms with Crippen molar-refractivity contribution < 1.29 is 9.18 Å². The van der Waals surface area contributed by atoms with Crippen LogP contribution in [0.3, 0.4) is 0 Å². The molecular weight excluding hydrogens is 209 g/mol. The summed E-state index contributed by atoms with van der Waals surface area (Å²) in [6.45, 7) is 2.11. The Balaban J connectivity index is 1.97. The highest BCUT2D eigenvalue weighted by Crippen LogP contribution is 2.13. The van der Waals surface area contributed by atoms with Gasteiger partial charge in [-0.05, 0) is 19.1 Å². The van der Waals surface area contributed by atoms with Crippen LogP contribution in [0.25, 0.3) is 0 Å². The van der Waals surface area contributed by atoms with Crippen LogP contribution in [0.15, 0.2) is 18.3 Å². The van der Waals surface area contributed by atoms with Gasteiger partial charge in [0.15, 0.2) is 0 Å². The molecule has 0 aliphatic carbocycles. The highest BCUT2D eigenvalue weighted by Gasteiger charge is 2.29. The van der Waals surface area contributed by atoms with Crippen LogP contribution in [0.2, 0.25) is 0 Å². The molecule has 1 aromatic rings. The number of anilines is 1. The summed E-state index contributed by atoms with van der Waals surface area (Å²) in [6, 6.07) is 3.07. The molecule has 1 amide bonds. The Morgan fingerprint density at radius 1 is 1.69 bits per heavy atom. The van der Waals surface area contributed by atoms with Crippen molar-refractivity contribution in [2.45, 2.75) is 25.6 Å². The van der Waals surface area contributed by atoms with E-state index in [-0.39, 0.29) is 18.9 Å².